The highest BCUT2D eigenvalue weighted by molar-refractivity contribution is 5.94. The lowest BCUT2D eigenvalue weighted by Crippen LogP contribution is -2.03. The minimum Gasteiger partial charge on any atom is -0.490 e. The second-order valence-electron chi connectivity index (χ2n) is 8.38. The molecule has 4 rings (SSSR count). The van der Waals surface area contributed by atoms with Crippen LogP contribution in [0.4, 0.5) is 5.69 Å². The van der Waals surface area contributed by atoms with Gasteiger partial charge in [-0.05, 0) is 77.2 Å². The Hall–Kier alpha value is -4.89. The van der Waals surface area contributed by atoms with Gasteiger partial charge >= 0.3 is 0 Å². The highest BCUT2D eigenvalue weighted by Crippen LogP contribution is 2.36. The van der Waals surface area contributed by atoms with Gasteiger partial charge in [-0.3, -0.25) is 10.1 Å². The van der Waals surface area contributed by atoms with E-state index in [1.165, 1.54) is 12.1 Å². The Morgan fingerprint density at radius 2 is 1.78 bits per heavy atom. The van der Waals surface area contributed by atoms with Gasteiger partial charge in [0, 0.05) is 17.7 Å². The van der Waals surface area contributed by atoms with Crippen LogP contribution in [0.25, 0.3) is 22.4 Å². The Morgan fingerprint density at radius 3 is 2.46 bits per heavy atom. The molecule has 0 bridgehead atoms. The number of nitriles is 1. The van der Waals surface area contributed by atoms with Crippen LogP contribution in [0.5, 0.6) is 11.5 Å². The molecular formula is C31H26N2O4. The molecule has 0 aliphatic heterocycles. The van der Waals surface area contributed by atoms with Crippen molar-refractivity contribution in [3.63, 3.8) is 0 Å². The van der Waals surface area contributed by atoms with Gasteiger partial charge in [0.2, 0.25) is 0 Å². The first kappa shape index (κ1) is 25.2. The lowest BCUT2D eigenvalue weighted by Gasteiger charge is -2.17. The van der Waals surface area contributed by atoms with Gasteiger partial charge in [-0.2, -0.15) is 5.26 Å². The molecule has 0 radical (unpaired) electrons. The number of rotatable bonds is 10. The molecule has 0 amide bonds. The molecule has 0 unspecified atom stereocenters. The van der Waals surface area contributed by atoms with Crippen LogP contribution in [0.2, 0.25) is 0 Å². The van der Waals surface area contributed by atoms with Gasteiger partial charge in [-0.25, -0.2) is 0 Å². The molecule has 184 valence electrons. The largest absolute Gasteiger partial charge is 0.490 e. The van der Waals surface area contributed by atoms with Crippen molar-refractivity contribution in [3.05, 3.63) is 124 Å². The smallest absolute Gasteiger partial charge is 0.269 e. The second-order valence-corrected chi connectivity index (χ2v) is 8.38. The highest BCUT2D eigenvalue weighted by atomic mass is 16.6. The average Bonchev–Trinajstić information content (AvgIpc) is 2.91. The van der Waals surface area contributed by atoms with Gasteiger partial charge < -0.3 is 9.47 Å². The number of non-ortho nitro benzene ring substituents is 1. The third-order valence-electron chi connectivity index (χ3n) is 5.84. The van der Waals surface area contributed by atoms with E-state index in [1.807, 2.05) is 67.6 Å². The van der Waals surface area contributed by atoms with Crippen molar-refractivity contribution >= 4 is 28.1 Å². The molecule has 0 saturated carbocycles. The maximum atomic E-state index is 10.9. The quantitative estimate of drug-likeness (QED) is 0.0754. The Bertz CT molecular complexity index is 1520. The summed E-state index contributed by atoms with van der Waals surface area (Å²) in [5.41, 5.74) is 3.88. The molecule has 0 N–H and O–H groups in total. The van der Waals surface area contributed by atoms with E-state index in [0.717, 1.165) is 33.0 Å². The number of nitro benzene ring substituents is 1. The van der Waals surface area contributed by atoms with E-state index in [0.29, 0.717) is 30.1 Å². The molecule has 6 heteroatoms. The standard InChI is InChI=1S/C31H26N2O4/c1-3-7-27-16-23(17-28(20-32)26-13-12-24-8-5-6-9-25(24)19-26)18-30(36-4-2)31(27)37-21-22-10-14-29(15-11-22)33(34)35/h3,5-6,8-19H,1,4,7,21H2,2H3/b28-17-. The number of nitro groups is 1. The fourth-order valence-electron chi connectivity index (χ4n) is 4.07. The highest BCUT2D eigenvalue weighted by Gasteiger charge is 2.15. The third kappa shape index (κ3) is 6.03. The van der Waals surface area contributed by atoms with Crippen LogP contribution in [0.1, 0.15) is 29.2 Å². The molecule has 0 saturated heterocycles. The first-order valence-corrected chi connectivity index (χ1v) is 11.9. The fourth-order valence-corrected chi connectivity index (χ4v) is 4.07. The van der Waals surface area contributed by atoms with Crippen molar-refractivity contribution in [1.82, 2.24) is 0 Å². The number of ether oxygens (including phenoxy) is 2. The number of nitrogens with zero attached hydrogens (tertiary/aromatic N) is 2. The summed E-state index contributed by atoms with van der Waals surface area (Å²) in [6.07, 6.45) is 4.17. The molecule has 0 spiro atoms. The topological polar surface area (TPSA) is 85.4 Å². The second kappa shape index (κ2) is 11.7. The van der Waals surface area contributed by atoms with Crippen LogP contribution in [0, 0.1) is 21.4 Å². The number of allylic oxidation sites excluding steroid dienone is 2. The predicted octanol–water partition coefficient (Wildman–Crippen LogP) is 7.52. The summed E-state index contributed by atoms with van der Waals surface area (Å²) in [5.74, 6) is 1.15. The fraction of sp³-hybridized carbons (Fsp3) is 0.129. The normalized spacial score (nSPS) is 11.1. The van der Waals surface area contributed by atoms with E-state index >= 15 is 0 Å². The zero-order valence-corrected chi connectivity index (χ0v) is 20.5. The predicted molar refractivity (Wildman–Crippen MR) is 146 cm³/mol. The minimum absolute atomic E-state index is 0.0296. The summed E-state index contributed by atoms with van der Waals surface area (Å²) in [7, 11) is 0. The minimum atomic E-state index is -0.431. The van der Waals surface area contributed by atoms with Gasteiger partial charge in [0.25, 0.3) is 5.69 Å². The molecule has 37 heavy (non-hydrogen) atoms. The Balaban J connectivity index is 1.69. The average molecular weight is 491 g/mol. The van der Waals surface area contributed by atoms with Crippen LogP contribution >= 0.6 is 0 Å². The van der Waals surface area contributed by atoms with E-state index in [2.05, 4.69) is 12.6 Å². The summed E-state index contributed by atoms with van der Waals surface area (Å²) >= 11 is 0. The lowest BCUT2D eigenvalue weighted by atomic mass is 9.98. The van der Waals surface area contributed by atoms with Gasteiger partial charge in [-0.1, -0.05) is 42.5 Å². The molecule has 0 aliphatic carbocycles. The first-order valence-electron chi connectivity index (χ1n) is 11.9. The summed E-state index contributed by atoms with van der Waals surface area (Å²) in [6.45, 7) is 6.42. The van der Waals surface area contributed by atoms with Crippen molar-refractivity contribution in [3.8, 4) is 17.6 Å². The molecule has 0 aromatic heterocycles. The maximum Gasteiger partial charge on any atom is 0.269 e. The SMILES string of the molecule is C=CCc1cc(/C=C(/C#N)c2ccc3ccccc3c2)cc(OCC)c1OCc1ccc([N+](=O)[O-])cc1. The first-order chi connectivity index (χ1) is 18.0. The van der Waals surface area contributed by atoms with Gasteiger partial charge in [0.1, 0.15) is 6.61 Å². The summed E-state index contributed by atoms with van der Waals surface area (Å²) in [5, 5.41) is 23.1. The Morgan fingerprint density at radius 1 is 1.03 bits per heavy atom. The van der Waals surface area contributed by atoms with Crippen LogP contribution in [0.15, 0.2) is 91.5 Å². The number of fused-ring (bicyclic) bond motifs is 1. The van der Waals surface area contributed by atoms with Crippen LogP contribution in [-0.2, 0) is 13.0 Å². The Kier molecular flexibility index (Phi) is 7.97. The summed E-state index contributed by atoms with van der Waals surface area (Å²) in [4.78, 5) is 10.5. The molecule has 6 nitrogen and oxygen atoms in total. The molecule has 0 fully saturated rings. The van der Waals surface area contributed by atoms with Gasteiger partial charge in [0.15, 0.2) is 11.5 Å². The molecular weight excluding hydrogens is 464 g/mol. The molecule has 0 aliphatic rings. The van der Waals surface area contributed by atoms with E-state index in [-0.39, 0.29) is 12.3 Å². The molecule has 4 aromatic rings. The zero-order valence-electron chi connectivity index (χ0n) is 20.5. The van der Waals surface area contributed by atoms with E-state index in [1.54, 1.807) is 18.2 Å². The van der Waals surface area contributed by atoms with Crippen LogP contribution in [0.3, 0.4) is 0 Å². The van der Waals surface area contributed by atoms with Crippen molar-refractivity contribution < 1.29 is 14.4 Å². The monoisotopic (exact) mass is 490 g/mol. The molecule has 0 heterocycles. The number of hydrogen-bond donors (Lipinski definition) is 0. The Labute approximate surface area is 215 Å². The van der Waals surface area contributed by atoms with Gasteiger partial charge in [-0.15, -0.1) is 6.58 Å². The van der Waals surface area contributed by atoms with Gasteiger partial charge in [0.05, 0.1) is 23.2 Å². The van der Waals surface area contributed by atoms with Crippen molar-refractivity contribution in [2.24, 2.45) is 0 Å². The van der Waals surface area contributed by atoms with E-state index < -0.39 is 4.92 Å². The van der Waals surface area contributed by atoms with Crippen molar-refractivity contribution in [2.45, 2.75) is 20.0 Å². The van der Waals surface area contributed by atoms with Crippen molar-refractivity contribution in [2.75, 3.05) is 6.61 Å². The number of hydrogen-bond acceptors (Lipinski definition) is 5. The lowest BCUT2D eigenvalue weighted by molar-refractivity contribution is -0.384. The maximum absolute atomic E-state index is 10.9. The van der Waals surface area contributed by atoms with E-state index in [9.17, 15) is 15.4 Å². The third-order valence-corrected chi connectivity index (χ3v) is 5.84. The summed E-state index contributed by atoms with van der Waals surface area (Å²) < 4.78 is 12.1. The molecule has 4 aromatic carbocycles. The summed E-state index contributed by atoms with van der Waals surface area (Å²) in [6, 6.07) is 26.4. The van der Waals surface area contributed by atoms with Crippen LogP contribution in [-0.4, -0.2) is 11.5 Å². The van der Waals surface area contributed by atoms with Crippen molar-refractivity contribution in [1.29, 1.82) is 5.26 Å². The van der Waals surface area contributed by atoms with Crippen LogP contribution < -0.4 is 9.47 Å². The zero-order chi connectivity index (χ0) is 26.2. The number of benzene rings is 4. The van der Waals surface area contributed by atoms with E-state index in [4.69, 9.17) is 9.47 Å². The molecule has 0 atom stereocenters.